The molecule has 0 bridgehead atoms. The summed E-state index contributed by atoms with van der Waals surface area (Å²) in [4.78, 5) is 2.42. The Bertz CT molecular complexity index is 4160. The van der Waals surface area contributed by atoms with Gasteiger partial charge in [0.1, 0.15) is 11.2 Å². The van der Waals surface area contributed by atoms with Crippen LogP contribution in [0.5, 0.6) is 0 Å². The molecule has 0 unspecified atom stereocenters. The first kappa shape index (κ1) is 44.0. The average Bonchev–Trinajstić information content (AvgIpc) is 4.07. The predicted octanol–water partition coefficient (Wildman–Crippen LogP) is 19.8. The zero-order valence-corrected chi connectivity index (χ0v) is 41.1. The first-order chi connectivity index (χ1) is 37.2. The van der Waals surface area contributed by atoms with Gasteiger partial charge in [0.2, 0.25) is 0 Å². The Morgan fingerprint density at radius 3 is 1.29 bits per heavy atom. The third-order valence-corrected chi connectivity index (χ3v) is 15.4. The van der Waals surface area contributed by atoms with Crippen LogP contribution in [0.1, 0.15) is 22.3 Å². The van der Waals surface area contributed by atoms with E-state index in [0.29, 0.717) is 0 Å². The van der Waals surface area contributed by atoms with Crippen LogP contribution in [0.3, 0.4) is 0 Å². The molecule has 0 spiro atoms. The summed E-state index contributed by atoms with van der Waals surface area (Å²) in [5.41, 5.74) is 23.7. The van der Waals surface area contributed by atoms with Crippen LogP contribution >= 0.6 is 0 Å². The normalized spacial score (nSPS) is 12.4. The van der Waals surface area contributed by atoms with Crippen LogP contribution in [0.4, 0.5) is 17.1 Å². The Morgan fingerprint density at radius 2 is 0.693 bits per heavy atom. The highest BCUT2D eigenvalue weighted by Crippen LogP contribution is 2.57. The summed E-state index contributed by atoms with van der Waals surface area (Å²) in [7, 11) is 0. The van der Waals surface area contributed by atoms with E-state index in [4.69, 9.17) is 4.42 Å². The van der Waals surface area contributed by atoms with E-state index >= 15 is 0 Å². The van der Waals surface area contributed by atoms with Crippen molar-refractivity contribution in [2.24, 2.45) is 0 Å². The summed E-state index contributed by atoms with van der Waals surface area (Å²) in [6, 6.07) is 108. The molecule has 13 aromatic rings. The van der Waals surface area contributed by atoms with Crippen molar-refractivity contribution in [3.05, 3.63) is 320 Å². The number of hydrogen-bond donors (Lipinski definition) is 0. The molecule has 14 rings (SSSR count). The molecule has 75 heavy (non-hydrogen) atoms. The molecular weight excluding hydrogens is 907 g/mol. The van der Waals surface area contributed by atoms with Gasteiger partial charge in [-0.25, -0.2) is 0 Å². The van der Waals surface area contributed by atoms with Crippen LogP contribution in [0.15, 0.2) is 302 Å². The van der Waals surface area contributed by atoms with E-state index in [1.165, 1.54) is 61.2 Å². The molecule has 0 fully saturated rings. The molecule has 12 aromatic carbocycles. The molecule has 2 heteroatoms. The van der Waals surface area contributed by atoms with Crippen molar-refractivity contribution in [3.8, 4) is 66.8 Å². The number of para-hydroxylation sites is 1. The third-order valence-electron chi connectivity index (χ3n) is 15.4. The van der Waals surface area contributed by atoms with Gasteiger partial charge in [-0.2, -0.15) is 0 Å². The summed E-state index contributed by atoms with van der Waals surface area (Å²) in [6.07, 6.45) is 0. The Labute approximate surface area is 437 Å². The molecule has 1 aliphatic carbocycles. The highest BCUT2D eigenvalue weighted by atomic mass is 16.3. The lowest BCUT2D eigenvalue weighted by molar-refractivity contribution is 0.670. The van der Waals surface area contributed by atoms with Crippen molar-refractivity contribution in [2.45, 2.75) is 5.41 Å². The lowest BCUT2D eigenvalue weighted by Crippen LogP contribution is -2.28. The molecule has 0 saturated heterocycles. The molecule has 0 saturated carbocycles. The van der Waals surface area contributed by atoms with Crippen LogP contribution in [-0.4, -0.2) is 0 Å². The Hall–Kier alpha value is -9.76. The number of nitrogens with zero attached hydrogens (tertiary/aromatic N) is 1. The lowest BCUT2D eigenvalue weighted by Gasteiger charge is -2.35. The molecule has 0 radical (unpaired) electrons. The van der Waals surface area contributed by atoms with Gasteiger partial charge in [0.25, 0.3) is 0 Å². The van der Waals surface area contributed by atoms with Gasteiger partial charge in [0.15, 0.2) is 0 Å². The molecule has 1 aliphatic rings. The van der Waals surface area contributed by atoms with Crippen LogP contribution in [0.25, 0.3) is 88.7 Å². The molecule has 1 aromatic heterocycles. The molecular formula is C73H49NO. The van der Waals surface area contributed by atoms with Gasteiger partial charge in [-0.3, -0.25) is 0 Å². The van der Waals surface area contributed by atoms with Crippen molar-refractivity contribution in [3.63, 3.8) is 0 Å². The van der Waals surface area contributed by atoms with E-state index in [9.17, 15) is 0 Å². The van der Waals surface area contributed by atoms with E-state index in [0.717, 1.165) is 66.8 Å². The fraction of sp³-hybridized carbons (Fsp3) is 0.0137. The zero-order chi connectivity index (χ0) is 49.7. The van der Waals surface area contributed by atoms with Crippen LogP contribution < -0.4 is 4.90 Å². The van der Waals surface area contributed by atoms with Gasteiger partial charge in [-0.1, -0.05) is 249 Å². The van der Waals surface area contributed by atoms with Gasteiger partial charge in [-0.05, 0) is 132 Å². The minimum absolute atomic E-state index is 0.540. The molecule has 352 valence electrons. The van der Waals surface area contributed by atoms with Crippen molar-refractivity contribution >= 4 is 39.0 Å². The minimum Gasteiger partial charge on any atom is -0.455 e. The monoisotopic (exact) mass is 955 g/mol. The fourth-order valence-electron chi connectivity index (χ4n) is 12.0. The second kappa shape index (κ2) is 18.4. The predicted molar refractivity (Wildman–Crippen MR) is 313 cm³/mol. The molecule has 2 nitrogen and oxygen atoms in total. The molecule has 0 aliphatic heterocycles. The van der Waals surface area contributed by atoms with Gasteiger partial charge in [0, 0.05) is 33.4 Å². The summed E-state index contributed by atoms with van der Waals surface area (Å²) < 4.78 is 6.58. The first-order valence-electron chi connectivity index (χ1n) is 25.8. The number of hydrogen-bond acceptors (Lipinski definition) is 2. The van der Waals surface area contributed by atoms with Crippen LogP contribution in [0.2, 0.25) is 0 Å². The van der Waals surface area contributed by atoms with E-state index in [1.807, 2.05) is 0 Å². The third kappa shape index (κ3) is 7.41. The number of furan rings is 1. The number of rotatable bonds is 10. The SMILES string of the molecule is c1ccc(-c2ccccc2-c2ccccc2-c2ccc(N(c3ccc(-c4ccc5oc6c(-c7ccccc7)cccc6c5c4)cc3)c3ccc4c(c3)C(c3ccccc3)(c3ccccc3)c3ccccc3-4)cc2)cc1. The topological polar surface area (TPSA) is 16.4 Å². The van der Waals surface area contributed by atoms with Crippen molar-refractivity contribution in [1.29, 1.82) is 0 Å². The molecule has 0 atom stereocenters. The smallest absolute Gasteiger partial charge is 0.143 e. The Kier molecular flexibility index (Phi) is 10.8. The lowest BCUT2D eigenvalue weighted by atomic mass is 9.67. The first-order valence-corrected chi connectivity index (χ1v) is 25.8. The molecule has 0 N–H and O–H groups in total. The maximum absolute atomic E-state index is 6.58. The van der Waals surface area contributed by atoms with Crippen molar-refractivity contribution in [1.82, 2.24) is 0 Å². The fourth-order valence-corrected chi connectivity index (χ4v) is 12.0. The second-order valence-corrected chi connectivity index (χ2v) is 19.5. The Balaban J connectivity index is 0.910. The Morgan fingerprint density at radius 1 is 0.253 bits per heavy atom. The number of benzene rings is 12. The van der Waals surface area contributed by atoms with Crippen LogP contribution in [0, 0.1) is 0 Å². The average molecular weight is 956 g/mol. The van der Waals surface area contributed by atoms with Crippen LogP contribution in [-0.2, 0) is 5.41 Å². The molecule has 0 amide bonds. The van der Waals surface area contributed by atoms with E-state index in [2.05, 4.69) is 302 Å². The molecule has 1 heterocycles. The second-order valence-electron chi connectivity index (χ2n) is 19.5. The minimum atomic E-state index is -0.540. The number of fused-ring (bicyclic) bond motifs is 6. The van der Waals surface area contributed by atoms with Crippen molar-refractivity contribution in [2.75, 3.05) is 4.90 Å². The van der Waals surface area contributed by atoms with Gasteiger partial charge in [0.05, 0.1) is 5.41 Å². The largest absolute Gasteiger partial charge is 0.455 e. The summed E-state index contributed by atoms with van der Waals surface area (Å²) >= 11 is 0. The van der Waals surface area contributed by atoms with Gasteiger partial charge < -0.3 is 9.32 Å². The number of anilines is 3. The summed E-state index contributed by atoms with van der Waals surface area (Å²) in [5.74, 6) is 0. The summed E-state index contributed by atoms with van der Waals surface area (Å²) in [5, 5.41) is 2.22. The summed E-state index contributed by atoms with van der Waals surface area (Å²) in [6.45, 7) is 0. The highest BCUT2D eigenvalue weighted by molar-refractivity contribution is 6.10. The quantitative estimate of drug-likeness (QED) is 0.136. The van der Waals surface area contributed by atoms with Gasteiger partial charge >= 0.3 is 0 Å². The maximum atomic E-state index is 6.58. The highest BCUT2D eigenvalue weighted by Gasteiger charge is 2.46. The maximum Gasteiger partial charge on any atom is 0.143 e. The van der Waals surface area contributed by atoms with Gasteiger partial charge in [-0.15, -0.1) is 0 Å². The van der Waals surface area contributed by atoms with E-state index in [-0.39, 0.29) is 0 Å². The van der Waals surface area contributed by atoms with E-state index < -0.39 is 5.41 Å². The zero-order valence-electron chi connectivity index (χ0n) is 41.1. The standard InChI is InChI=1S/C73H49NO/c1-5-20-51(21-6-1)60-28-13-15-30-63(60)64-31-16-14-29-61(64)53-38-43-58(44-39-53)74(57-41-36-50(37-42-57)54-40-47-71-68(48-54)67-34-19-33-62(72(67)75-71)52-22-7-2-8-23-52)59-45-46-66-65-32-17-18-35-69(65)73(70(66)49-59,55-24-9-3-10-25-55)56-26-11-4-12-27-56/h1-49H. The van der Waals surface area contributed by atoms with E-state index in [1.54, 1.807) is 0 Å². The van der Waals surface area contributed by atoms with Crippen molar-refractivity contribution < 1.29 is 4.42 Å².